The maximum atomic E-state index is 12.5. The monoisotopic (exact) mass is 397 g/mol. The van der Waals surface area contributed by atoms with E-state index in [0.717, 1.165) is 31.6 Å². The van der Waals surface area contributed by atoms with Gasteiger partial charge in [0.1, 0.15) is 6.10 Å². The minimum atomic E-state index is -0.256. The fraction of sp³-hybridized carbons (Fsp3) is 0.500. The average Bonchev–Trinajstić information content (AvgIpc) is 3.28. The second kappa shape index (κ2) is 8.71. The Morgan fingerprint density at radius 2 is 1.93 bits per heavy atom. The molecule has 0 aliphatic carbocycles. The standard InChI is InChI=1S/C20H27N7O2/c1-14(26-9-11-27(12-10-26)18(28)16-8-5-13-29-16)17-23-19(21)25-20(24-17)22-15-6-3-2-4-7-15/h2-4,6-7,14,16H,5,8-13H2,1H3,(H3,21,22,23,24,25)/t14-,16-/m1/s1. The summed E-state index contributed by atoms with van der Waals surface area (Å²) in [4.78, 5) is 29.8. The minimum Gasteiger partial charge on any atom is -0.368 e. The zero-order chi connectivity index (χ0) is 20.2. The van der Waals surface area contributed by atoms with Crippen molar-refractivity contribution in [2.75, 3.05) is 43.8 Å². The van der Waals surface area contributed by atoms with Gasteiger partial charge in [-0.3, -0.25) is 9.69 Å². The SMILES string of the molecule is C[C@H](c1nc(N)nc(Nc2ccccc2)n1)N1CCN(C(=O)[C@H]2CCCO2)CC1. The molecule has 1 aromatic heterocycles. The minimum absolute atomic E-state index is 0.0309. The molecule has 2 fully saturated rings. The number of hydrogen-bond donors (Lipinski definition) is 2. The molecule has 2 aromatic rings. The molecule has 0 unspecified atom stereocenters. The number of aromatic nitrogens is 3. The first-order valence-electron chi connectivity index (χ1n) is 10.1. The number of amides is 1. The number of para-hydroxylation sites is 1. The summed E-state index contributed by atoms with van der Waals surface area (Å²) in [5.74, 6) is 1.36. The third kappa shape index (κ3) is 4.63. The van der Waals surface area contributed by atoms with Crippen LogP contribution < -0.4 is 11.1 Å². The topological polar surface area (TPSA) is 109 Å². The Morgan fingerprint density at radius 1 is 1.17 bits per heavy atom. The van der Waals surface area contributed by atoms with Crippen LogP contribution in [0, 0.1) is 0 Å². The van der Waals surface area contributed by atoms with E-state index in [9.17, 15) is 4.79 Å². The number of ether oxygens (including phenoxy) is 1. The second-order valence-corrected chi connectivity index (χ2v) is 7.41. The molecule has 0 bridgehead atoms. The fourth-order valence-electron chi connectivity index (χ4n) is 3.77. The van der Waals surface area contributed by atoms with Crippen molar-refractivity contribution in [2.24, 2.45) is 0 Å². The van der Waals surface area contributed by atoms with E-state index in [-0.39, 0.29) is 24.0 Å². The molecule has 9 heteroatoms. The van der Waals surface area contributed by atoms with Gasteiger partial charge in [0.05, 0.1) is 6.04 Å². The largest absolute Gasteiger partial charge is 0.368 e. The van der Waals surface area contributed by atoms with E-state index in [4.69, 9.17) is 10.5 Å². The van der Waals surface area contributed by atoms with Crippen molar-refractivity contribution in [1.82, 2.24) is 24.8 Å². The highest BCUT2D eigenvalue weighted by Crippen LogP contribution is 2.22. The number of nitrogens with one attached hydrogen (secondary N) is 1. The number of hydrogen-bond acceptors (Lipinski definition) is 8. The van der Waals surface area contributed by atoms with Gasteiger partial charge in [0.2, 0.25) is 11.9 Å². The lowest BCUT2D eigenvalue weighted by Gasteiger charge is -2.38. The fourth-order valence-corrected chi connectivity index (χ4v) is 3.77. The zero-order valence-corrected chi connectivity index (χ0v) is 16.6. The quantitative estimate of drug-likeness (QED) is 0.783. The molecule has 2 aliphatic heterocycles. The van der Waals surface area contributed by atoms with Crippen molar-refractivity contribution in [3.63, 3.8) is 0 Å². The van der Waals surface area contributed by atoms with Crippen molar-refractivity contribution >= 4 is 23.5 Å². The predicted molar refractivity (Wildman–Crippen MR) is 110 cm³/mol. The van der Waals surface area contributed by atoms with Crippen LogP contribution in [0.1, 0.15) is 31.6 Å². The van der Waals surface area contributed by atoms with E-state index >= 15 is 0 Å². The predicted octanol–water partition coefficient (Wildman–Crippen LogP) is 1.58. The highest BCUT2D eigenvalue weighted by Gasteiger charge is 2.32. The molecule has 154 valence electrons. The van der Waals surface area contributed by atoms with E-state index in [1.54, 1.807) is 0 Å². The molecule has 2 atom stereocenters. The summed E-state index contributed by atoms with van der Waals surface area (Å²) in [6.07, 6.45) is 1.54. The van der Waals surface area contributed by atoms with Crippen LogP contribution in [0.15, 0.2) is 30.3 Å². The number of anilines is 3. The maximum Gasteiger partial charge on any atom is 0.251 e. The first-order chi connectivity index (χ1) is 14.1. The number of piperazine rings is 1. The van der Waals surface area contributed by atoms with Gasteiger partial charge in [-0.25, -0.2) is 0 Å². The van der Waals surface area contributed by atoms with Crippen LogP contribution in [0.25, 0.3) is 0 Å². The molecule has 29 heavy (non-hydrogen) atoms. The summed E-state index contributed by atoms with van der Waals surface area (Å²) in [6, 6.07) is 9.67. The van der Waals surface area contributed by atoms with Crippen LogP contribution in [0.5, 0.6) is 0 Å². The first-order valence-corrected chi connectivity index (χ1v) is 10.1. The molecular formula is C20H27N7O2. The van der Waals surface area contributed by atoms with Gasteiger partial charge < -0.3 is 20.7 Å². The van der Waals surface area contributed by atoms with Gasteiger partial charge in [0, 0.05) is 38.5 Å². The third-order valence-corrected chi connectivity index (χ3v) is 5.45. The second-order valence-electron chi connectivity index (χ2n) is 7.41. The Labute approximate surface area is 170 Å². The van der Waals surface area contributed by atoms with Crippen molar-refractivity contribution in [3.05, 3.63) is 36.2 Å². The Hall–Kier alpha value is -2.78. The number of nitrogens with two attached hydrogens (primary N) is 1. The van der Waals surface area contributed by atoms with Gasteiger partial charge in [-0.05, 0) is 31.9 Å². The normalized spacial score (nSPS) is 21.1. The molecule has 2 aliphatic rings. The molecule has 0 radical (unpaired) electrons. The number of nitrogen functional groups attached to an aromatic ring is 1. The van der Waals surface area contributed by atoms with Gasteiger partial charge in [0.25, 0.3) is 5.91 Å². The van der Waals surface area contributed by atoms with Crippen LogP contribution in [0.4, 0.5) is 17.6 Å². The van der Waals surface area contributed by atoms with Gasteiger partial charge >= 0.3 is 0 Å². The summed E-state index contributed by atoms with van der Waals surface area (Å²) < 4.78 is 5.53. The number of benzene rings is 1. The van der Waals surface area contributed by atoms with Crippen LogP contribution in [0.3, 0.4) is 0 Å². The van der Waals surface area contributed by atoms with E-state index in [2.05, 4.69) is 32.1 Å². The van der Waals surface area contributed by atoms with Gasteiger partial charge in [-0.2, -0.15) is 15.0 Å². The molecule has 1 aromatic carbocycles. The number of nitrogens with zero attached hydrogens (tertiary/aromatic N) is 5. The Bertz CT molecular complexity index is 834. The Kier molecular flexibility index (Phi) is 5.86. The molecule has 3 N–H and O–H groups in total. The molecule has 1 amide bonds. The summed E-state index contributed by atoms with van der Waals surface area (Å²) >= 11 is 0. The van der Waals surface area contributed by atoms with Crippen LogP contribution in [-0.4, -0.2) is 69.5 Å². The highest BCUT2D eigenvalue weighted by atomic mass is 16.5. The number of rotatable bonds is 5. The highest BCUT2D eigenvalue weighted by molar-refractivity contribution is 5.81. The lowest BCUT2D eigenvalue weighted by molar-refractivity contribution is -0.143. The average molecular weight is 397 g/mol. The lowest BCUT2D eigenvalue weighted by Crippen LogP contribution is -2.51. The molecule has 4 rings (SSSR count). The smallest absolute Gasteiger partial charge is 0.251 e. The summed E-state index contributed by atoms with van der Waals surface area (Å²) in [5.41, 5.74) is 6.81. The van der Waals surface area contributed by atoms with Crippen molar-refractivity contribution in [2.45, 2.75) is 31.9 Å². The molecule has 9 nitrogen and oxygen atoms in total. The Balaban J connectivity index is 1.39. The van der Waals surface area contributed by atoms with Crippen LogP contribution in [-0.2, 0) is 9.53 Å². The molecular weight excluding hydrogens is 370 g/mol. The van der Waals surface area contributed by atoms with Gasteiger partial charge in [0.15, 0.2) is 5.82 Å². The summed E-state index contributed by atoms with van der Waals surface area (Å²) in [5, 5.41) is 3.17. The molecule has 3 heterocycles. The van der Waals surface area contributed by atoms with E-state index in [1.165, 1.54) is 0 Å². The number of carbonyl (C=O) groups is 1. The summed E-state index contributed by atoms with van der Waals surface area (Å²) in [6.45, 7) is 5.61. The van der Waals surface area contributed by atoms with Crippen LogP contribution in [0.2, 0.25) is 0 Å². The van der Waals surface area contributed by atoms with Crippen molar-refractivity contribution in [3.8, 4) is 0 Å². The zero-order valence-electron chi connectivity index (χ0n) is 16.6. The van der Waals surface area contributed by atoms with Crippen molar-refractivity contribution < 1.29 is 9.53 Å². The van der Waals surface area contributed by atoms with E-state index < -0.39 is 0 Å². The van der Waals surface area contributed by atoms with E-state index in [0.29, 0.717) is 31.5 Å². The van der Waals surface area contributed by atoms with E-state index in [1.807, 2.05) is 35.2 Å². The third-order valence-electron chi connectivity index (χ3n) is 5.45. The van der Waals surface area contributed by atoms with Gasteiger partial charge in [-0.15, -0.1) is 0 Å². The summed E-state index contributed by atoms with van der Waals surface area (Å²) in [7, 11) is 0. The van der Waals surface area contributed by atoms with Crippen molar-refractivity contribution in [1.29, 1.82) is 0 Å². The lowest BCUT2D eigenvalue weighted by atomic mass is 10.1. The van der Waals surface area contributed by atoms with Crippen LogP contribution >= 0.6 is 0 Å². The molecule has 0 spiro atoms. The molecule has 0 saturated carbocycles. The first kappa shape index (κ1) is 19.5. The maximum absolute atomic E-state index is 12.5. The van der Waals surface area contributed by atoms with Gasteiger partial charge in [-0.1, -0.05) is 18.2 Å². The Morgan fingerprint density at radius 3 is 2.62 bits per heavy atom. The molecule has 2 saturated heterocycles. The number of carbonyl (C=O) groups excluding carboxylic acids is 1.